The maximum atomic E-state index is 12.0. The fourth-order valence-electron chi connectivity index (χ4n) is 3.97. The van der Waals surface area contributed by atoms with E-state index < -0.39 is 6.10 Å². The highest BCUT2D eigenvalue weighted by molar-refractivity contribution is 5.92. The Kier molecular flexibility index (Phi) is 6.04. The number of amides is 1. The van der Waals surface area contributed by atoms with E-state index in [1.807, 2.05) is 37.3 Å². The van der Waals surface area contributed by atoms with E-state index in [0.29, 0.717) is 17.8 Å². The van der Waals surface area contributed by atoms with Crippen molar-refractivity contribution < 1.29 is 17.9 Å². The monoisotopic (exact) mass is 424 g/mol. The number of aryl methyl sites for hydroxylation is 1. The fourth-order valence-corrected chi connectivity index (χ4v) is 3.97. The maximum absolute atomic E-state index is 12.0. The lowest BCUT2D eigenvalue weighted by atomic mass is 10.0. The summed E-state index contributed by atoms with van der Waals surface area (Å²) in [6.45, 7) is 5.28. The number of piperidine rings is 1. The van der Waals surface area contributed by atoms with Crippen molar-refractivity contribution >= 4 is 22.6 Å². The van der Waals surface area contributed by atoms with Crippen LogP contribution in [0.1, 0.15) is 34.6 Å². The number of phenolic OH excluding ortho intramolecular Hbond substituents is 1. The van der Waals surface area contributed by atoms with E-state index in [2.05, 4.69) is 10.2 Å². The van der Waals surface area contributed by atoms with Crippen molar-refractivity contribution in [3.05, 3.63) is 48.0 Å². The minimum atomic E-state index is -0.951. The number of aromatic nitrogens is 2. The van der Waals surface area contributed by atoms with Gasteiger partial charge in [0.1, 0.15) is 17.7 Å². The van der Waals surface area contributed by atoms with Gasteiger partial charge >= 0.3 is 0 Å². The Morgan fingerprint density at radius 1 is 1.23 bits per heavy atom. The number of para-hydroxylation sites is 1. The topological polar surface area (TPSA) is 98.6 Å². The molecule has 31 heavy (non-hydrogen) atoms. The van der Waals surface area contributed by atoms with Crippen LogP contribution in [0.2, 0.25) is 0 Å². The van der Waals surface area contributed by atoms with Crippen molar-refractivity contribution in [2.75, 3.05) is 18.0 Å². The van der Waals surface area contributed by atoms with Gasteiger partial charge in [-0.3, -0.25) is 4.79 Å². The van der Waals surface area contributed by atoms with Crippen LogP contribution < -0.4 is 10.2 Å². The Hall–Kier alpha value is -3.19. The lowest BCUT2D eigenvalue weighted by Crippen LogP contribution is -2.47. The summed E-state index contributed by atoms with van der Waals surface area (Å²) in [6.07, 6.45) is 0.997. The molecule has 3 N–H and O–H groups in total. The normalized spacial score (nSPS) is 15.8. The van der Waals surface area contributed by atoms with Crippen LogP contribution in [0.4, 0.5) is 5.82 Å². The highest BCUT2D eigenvalue weighted by Crippen LogP contribution is 2.33. The summed E-state index contributed by atoms with van der Waals surface area (Å²) in [5.41, 5.74) is 2.55. The Bertz CT molecular complexity index is 1100. The highest BCUT2D eigenvalue weighted by Gasteiger charge is 2.25. The van der Waals surface area contributed by atoms with Gasteiger partial charge < -0.3 is 20.4 Å². The van der Waals surface area contributed by atoms with Crippen LogP contribution in [0.5, 0.6) is 5.75 Å². The number of carbonyl (C=O) groups is 1. The van der Waals surface area contributed by atoms with E-state index in [4.69, 9.17) is 9.97 Å². The Balaban J connectivity index is 0.00000193. The van der Waals surface area contributed by atoms with Gasteiger partial charge in [-0.2, -0.15) is 0 Å². The third-order valence-corrected chi connectivity index (χ3v) is 5.81. The van der Waals surface area contributed by atoms with Crippen LogP contribution in [-0.2, 0) is 4.79 Å². The molecular weight excluding hydrogens is 392 g/mol. The highest BCUT2D eigenvalue weighted by atomic mass is 16.3. The lowest BCUT2D eigenvalue weighted by Gasteiger charge is -2.34. The number of benzene rings is 2. The molecule has 1 aromatic heterocycles. The molecule has 7 nitrogen and oxygen atoms in total. The zero-order valence-electron chi connectivity index (χ0n) is 17.9. The Morgan fingerprint density at radius 3 is 2.68 bits per heavy atom. The van der Waals surface area contributed by atoms with E-state index in [1.54, 1.807) is 19.1 Å². The molecule has 3 aromatic rings. The predicted octanol–water partition coefficient (Wildman–Crippen LogP) is 3.66. The standard InChI is InChI=1S/C24H28N4O3.2H2/c1-3-20(29)24(31)25-16-10-12-28(13-11-16)23-17-9-8-15(2)14-19(17)26-22(27-23)18-6-4-5-7-21(18)30;;/h4-9,14,16,20,29-30H,3,10-13H2,1-2H3,(H,25,31);2*1H/t20-;;/m1../s1. The van der Waals surface area contributed by atoms with Crippen LogP contribution in [0.15, 0.2) is 42.5 Å². The molecule has 0 saturated carbocycles. The summed E-state index contributed by atoms with van der Waals surface area (Å²) in [4.78, 5) is 23.8. The third kappa shape index (κ3) is 4.46. The molecule has 1 saturated heterocycles. The van der Waals surface area contributed by atoms with Crippen molar-refractivity contribution in [1.82, 2.24) is 15.3 Å². The summed E-state index contributed by atoms with van der Waals surface area (Å²) in [5, 5.41) is 24.0. The SMILES string of the molecule is CC[C@@H](O)C(=O)NC1CCN(c2nc(-c3ccccc3O)nc3cc(C)ccc23)CC1.[HH].[HH]. The molecule has 7 heteroatoms. The van der Waals surface area contributed by atoms with Gasteiger partial charge in [-0.1, -0.05) is 25.1 Å². The van der Waals surface area contributed by atoms with Gasteiger partial charge in [0, 0.05) is 27.4 Å². The zero-order valence-corrected chi connectivity index (χ0v) is 17.9. The second kappa shape index (κ2) is 8.89. The minimum absolute atomic E-state index is 0. The number of aliphatic hydroxyl groups is 1. The summed E-state index contributed by atoms with van der Waals surface area (Å²) in [7, 11) is 0. The van der Waals surface area contributed by atoms with Crippen LogP contribution in [0, 0.1) is 6.92 Å². The Labute approximate surface area is 184 Å². The first-order chi connectivity index (χ1) is 15.0. The first kappa shape index (κ1) is 21.1. The van der Waals surface area contributed by atoms with Crippen LogP contribution in [-0.4, -0.2) is 51.3 Å². The minimum Gasteiger partial charge on any atom is -0.507 e. The number of nitrogens with zero attached hydrogens (tertiary/aromatic N) is 3. The summed E-state index contributed by atoms with van der Waals surface area (Å²) in [6, 6.07) is 13.3. The smallest absolute Gasteiger partial charge is 0.249 e. The molecule has 0 aliphatic carbocycles. The molecule has 1 aliphatic heterocycles. The molecule has 0 spiro atoms. The average Bonchev–Trinajstić information content (AvgIpc) is 2.78. The number of hydrogen-bond acceptors (Lipinski definition) is 6. The van der Waals surface area contributed by atoms with Crippen LogP contribution in [0.25, 0.3) is 22.3 Å². The molecule has 1 amide bonds. The molecule has 0 radical (unpaired) electrons. The molecule has 2 aromatic carbocycles. The number of rotatable bonds is 5. The molecule has 2 heterocycles. The summed E-state index contributed by atoms with van der Waals surface area (Å²) >= 11 is 0. The second-order valence-corrected chi connectivity index (χ2v) is 8.10. The molecular formula is C24H32N4O3. The third-order valence-electron chi connectivity index (χ3n) is 5.81. The molecule has 0 bridgehead atoms. The van der Waals surface area contributed by atoms with E-state index in [0.717, 1.165) is 48.2 Å². The number of nitrogens with one attached hydrogen (secondary N) is 1. The van der Waals surface area contributed by atoms with Crippen molar-refractivity contribution in [2.45, 2.75) is 45.3 Å². The molecule has 0 unspecified atom stereocenters. The molecule has 1 fully saturated rings. The zero-order chi connectivity index (χ0) is 22.0. The first-order valence-corrected chi connectivity index (χ1v) is 10.8. The van der Waals surface area contributed by atoms with Gasteiger partial charge in [0.05, 0.1) is 11.1 Å². The van der Waals surface area contributed by atoms with Crippen molar-refractivity contribution in [2.24, 2.45) is 0 Å². The van der Waals surface area contributed by atoms with E-state index >= 15 is 0 Å². The van der Waals surface area contributed by atoms with Gasteiger partial charge in [-0.15, -0.1) is 0 Å². The number of fused-ring (bicyclic) bond motifs is 1. The van der Waals surface area contributed by atoms with Gasteiger partial charge in [-0.05, 0) is 56.0 Å². The first-order valence-electron chi connectivity index (χ1n) is 10.8. The van der Waals surface area contributed by atoms with Gasteiger partial charge in [-0.25, -0.2) is 9.97 Å². The predicted molar refractivity (Wildman–Crippen MR) is 125 cm³/mol. The quantitative estimate of drug-likeness (QED) is 0.578. The van der Waals surface area contributed by atoms with E-state index in [9.17, 15) is 15.0 Å². The summed E-state index contributed by atoms with van der Waals surface area (Å²) < 4.78 is 0. The van der Waals surface area contributed by atoms with Crippen molar-refractivity contribution in [3.8, 4) is 17.1 Å². The Morgan fingerprint density at radius 2 is 1.97 bits per heavy atom. The molecule has 1 aliphatic rings. The van der Waals surface area contributed by atoms with Crippen molar-refractivity contribution in [1.29, 1.82) is 0 Å². The maximum Gasteiger partial charge on any atom is 0.249 e. The van der Waals surface area contributed by atoms with Crippen LogP contribution in [0.3, 0.4) is 0 Å². The van der Waals surface area contributed by atoms with Gasteiger partial charge in [0.15, 0.2) is 5.82 Å². The van der Waals surface area contributed by atoms with Gasteiger partial charge in [0.2, 0.25) is 5.91 Å². The van der Waals surface area contributed by atoms with Crippen molar-refractivity contribution in [3.63, 3.8) is 0 Å². The number of carbonyl (C=O) groups excluding carboxylic acids is 1. The van der Waals surface area contributed by atoms with Crippen LogP contribution >= 0.6 is 0 Å². The average molecular weight is 425 g/mol. The van der Waals surface area contributed by atoms with E-state index in [1.165, 1.54) is 0 Å². The number of hydrogen-bond donors (Lipinski definition) is 3. The lowest BCUT2D eigenvalue weighted by molar-refractivity contribution is -0.130. The second-order valence-electron chi connectivity index (χ2n) is 8.10. The fraction of sp³-hybridized carbons (Fsp3) is 0.375. The molecule has 1 atom stereocenters. The molecule has 4 rings (SSSR count). The number of aromatic hydroxyl groups is 1. The van der Waals surface area contributed by atoms with E-state index in [-0.39, 0.29) is 20.6 Å². The number of phenols is 1. The number of anilines is 1. The van der Waals surface area contributed by atoms with Gasteiger partial charge in [0.25, 0.3) is 0 Å². The summed E-state index contributed by atoms with van der Waals surface area (Å²) in [5.74, 6) is 1.18. The number of aliphatic hydroxyl groups excluding tert-OH is 1. The largest absolute Gasteiger partial charge is 0.507 e. The molecule has 166 valence electrons.